The highest BCUT2D eigenvalue weighted by molar-refractivity contribution is 5.93. The number of aromatic nitrogens is 2. The molecule has 0 radical (unpaired) electrons. The van der Waals surface area contributed by atoms with E-state index in [2.05, 4.69) is 51.3 Å². The standard InChI is InChI=1S/C50H59N9O7/c60-46(42-14-8-24-59(42)48(62)44(38-11-5-2-6-12-38)55-50(64)57-27-31-66-32-28-57)52-39-21-19-35(20-22-39)34-15-17-36(18-16-34)40-33-51-45(53-40)41-13-7-23-58(41)47(61)43(37-9-3-1-4-10-37)54-49(63)56-25-29-65-30-26-56/h1-6,9-12,15-19,33,39,41-44H,7-8,13-14,20-32H2,(H,51,53)(H,52,60)(H,54,63)(H,55,64)/t39?,41?,42?,43-,44+/m1/s1. The number of hydrogen-bond donors (Lipinski definition) is 4. The molecule has 7 amide bonds. The number of amides is 7. The smallest absolute Gasteiger partial charge is 0.318 e. The highest BCUT2D eigenvalue weighted by Crippen LogP contribution is 2.35. The normalized spacial score (nSPS) is 22.0. The van der Waals surface area contributed by atoms with Gasteiger partial charge in [-0.3, -0.25) is 14.4 Å². The summed E-state index contributed by atoms with van der Waals surface area (Å²) in [6, 6.07) is 23.7. The number of ether oxygens (including phenoxy) is 2. The fourth-order valence-corrected chi connectivity index (χ4v) is 9.82. The van der Waals surface area contributed by atoms with Crippen LogP contribution in [0.15, 0.2) is 97.2 Å². The minimum atomic E-state index is -0.911. The summed E-state index contributed by atoms with van der Waals surface area (Å²) in [6.45, 7) is 4.72. The molecule has 1 aliphatic carbocycles. The molecule has 0 spiro atoms. The van der Waals surface area contributed by atoms with Crippen LogP contribution in [0.25, 0.3) is 16.8 Å². The third kappa shape index (κ3) is 10.1. The lowest BCUT2D eigenvalue weighted by atomic mass is 9.90. The third-order valence-electron chi connectivity index (χ3n) is 13.5. The van der Waals surface area contributed by atoms with Gasteiger partial charge < -0.3 is 50.0 Å². The molecule has 4 fully saturated rings. The zero-order valence-corrected chi connectivity index (χ0v) is 37.2. The fourth-order valence-electron chi connectivity index (χ4n) is 9.82. The van der Waals surface area contributed by atoms with Crippen LogP contribution in [0.2, 0.25) is 0 Å². The Morgan fingerprint density at radius 2 is 1.18 bits per heavy atom. The Hall–Kier alpha value is -6.52. The highest BCUT2D eigenvalue weighted by atomic mass is 16.5. The summed E-state index contributed by atoms with van der Waals surface area (Å²) in [5, 5.41) is 9.23. The number of H-pyrrole nitrogens is 1. The Balaban J connectivity index is 0.805. The number of likely N-dealkylation sites (tertiary alicyclic amines) is 2. The lowest BCUT2D eigenvalue weighted by Gasteiger charge is -2.33. The second-order valence-electron chi connectivity index (χ2n) is 17.6. The van der Waals surface area contributed by atoms with Gasteiger partial charge in [0.2, 0.25) is 11.8 Å². The number of rotatable bonds is 11. The number of carbonyl (C=O) groups excluding carboxylic acids is 5. The van der Waals surface area contributed by atoms with Crippen LogP contribution in [0.4, 0.5) is 9.59 Å². The molecule has 9 rings (SSSR count). The van der Waals surface area contributed by atoms with Gasteiger partial charge in [-0.1, -0.05) is 91.0 Å². The summed E-state index contributed by atoms with van der Waals surface area (Å²) < 4.78 is 10.8. The molecular weight excluding hydrogens is 839 g/mol. The van der Waals surface area contributed by atoms with Crippen LogP contribution < -0.4 is 16.0 Å². The van der Waals surface area contributed by atoms with Crippen molar-refractivity contribution >= 4 is 35.4 Å². The maximum Gasteiger partial charge on any atom is 0.318 e. The van der Waals surface area contributed by atoms with Gasteiger partial charge in [-0.15, -0.1) is 0 Å². The van der Waals surface area contributed by atoms with E-state index in [-0.39, 0.29) is 41.9 Å². The second kappa shape index (κ2) is 20.8. The maximum absolute atomic E-state index is 14.3. The molecule has 3 unspecified atom stereocenters. The van der Waals surface area contributed by atoms with E-state index in [1.807, 2.05) is 71.8 Å². The van der Waals surface area contributed by atoms with Gasteiger partial charge in [0.1, 0.15) is 23.9 Å². The fraction of sp³-hybridized carbons (Fsp3) is 0.440. The van der Waals surface area contributed by atoms with Crippen molar-refractivity contribution in [1.82, 2.24) is 45.5 Å². The Kier molecular flexibility index (Phi) is 14.0. The van der Waals surface area contributed by atoms with Crippen molar-refractivity contribution in [2.45, 2.75) is 75.2 Å². The molecule has 0 bridgehead atoms. The van der Waals surface area contributed by atoms with Gasteiger partial charge in [0.25, 0.3) is 5.91 Å². The molecule has 4 aliphatic heterocycles. The Bertz CT molecular complexity index is 2360. The van der Waals surface area contributed by atoms with Crippen LogP contribution in [0.1, 0.15) is 85.6 Å². The van der Waals surface area contributed by atoms with E-state index in [4.69, 9.17) is 14.5 Å². The van der Waals surface area contributed by atoms with Crippen molar-refractivity contribution in [3.05, 3.63) is 120 Å². The van der Waals surface area contributed by atoms with Gasteiger partial charge in [0.05, 0.1) is 44.4 Å². The number of hydrogen-bond acceptors (Lipinski definition) is 8. The molecule has 16 nitrogen and oxygen atoms in total. The Morgan fingerprint density at radius 3 is 1.76 bits per heavy atom. The first-order valence-corrected chi connectivity index (χ1v) is 23.4. The van der Waals surface area contributed by atoms with Gasteiger partial charge in [-0.05, 0) is 72.8 Å². The van der Waals surface area contributed by atoms with Crippen LogP contribution in [0.5, 0.6) is 0 Å². The molecule has 4 aromatic rings. The van der Waals surface area contributed by atoms with Crippen molar-refractivity contribution in [2.24, 2.45) is 0 Å². The third-order valence-corrected chi connectivity index (χ3v) is 13.5. The zero-order valence-electron chi connectivity index (χ0n) is 37.2. The van der Waals surface area contributed by atoms with Crippen LogP contribution in [-0.4, -0.2) is 137 Å². The van der Waals surface area contributed by atoms with Gasteiger partial charge in [-0.25, -0.2) is 14.6 Å². The van der Waals surface area contributed by atoms with Crippen LogP contribution in [0, 0.1) is 0 Å². The van der Waals surface area contributed by atoms with E-state index in [9.17, 15) is 24.0 Å². The number of nitrogens with zero attached hydrogens (tertiary/aromatic N) is 5. The largest absolute Gasteiger partial charge is 0.378 e. The number of benzene rings is 3. The molecular formula is C50H59N9O7. The monoisotopic (exact) mass is 897 g/mol. The lowest BCUT2D eigenvalue weighted by molar-refractivity contribution is -0.140. The summed E-state index contributed by atoms with van der Waals surface area (Å²) in [5.74, 6) is 0.111. The van der Waals surface area contributed by atoms with Crippen LogP contribution in [0.3, 0.4) is 0 Å². The van der Waals surface area contributed by atoms with Crippen molar-refractivity contribution in [2.75, 3.05) is 65.7 Å². The number of aromatic amines is 1. The van der Waals surface area contributed by atoms with Gasteiger partial charge in [0.15, 0.2) is 0 Å². The van der Waals surface area contributed by atoms with E-state index in [1.165, 1.54) is 5.57 Å². The van der Waals surface area contributed by atoms with E-state index in [1.54, 1.807) is 14.7 Å². The van der Waals surface area contributed by atoms with Crippen LogP contribution in [-0.2, 0) is 23.9 Å². The van der Waals surface area contributed by atoms with E-state index in [0.29, 0.717) is 96.3 Å². The molecule has 16 heteroatoms. The summed E-state index contributed by atoms with van der Waals surface area (Å²) in [7, 11) is 0. The first-order chi connectivity index (χ1) is 32.3. The van der Waals surface area contributed by atoms with E-state index < -0.39 is 18.1 Å². The molecule has 5 atom stereocenters. The van der Waals surface area contributed by atoms with Gasteiger partial charge in [-0.2, -0.15) is 0 Å². The van der Waals surface area contributed by atoms with Crippen molar-refractivity contribution in [3.8, 4) is 11.3 Å². The number of allylic oxidation sites excluding steroid dienone is 1. The SMILES string of the molecule is O=C(NC1CC=C(c2ccc(-c3cnc(C4CCCN4C(=O)[C@H](NC(=O)N4CCOCC4)c4ccccc4)[nH]3)cc2)CC1)C1CCCN1C(=O)[C@@H](NC(=O)N1CCOCC1)c1ccccc1. The highest BCUT2D eigenvalue weighted by Gasteiger charge is 2.40. The van der Waals surface area contributed by atoms with E-state index >= 15 is 0 Å². The summed E-state index contributed by atoms with van der Waals surface area (Å²) in [5.41, 5.74) is 5.55. The first-order valence-electron chi connectivity index (χ1n) is 23.4. The summed E-state index contributed by atoms with van der Waals surface area (Å²) >= 11 is 0. The Morgan fingerprint density at radius 1 is 0.636 bits per heavy atom. The number of carbonyl (C=O) groups is 5. The topological polar surface area (TPSA) is 182 Å². The predicted octanol–water partition coefficient (Wildman–Crippen LogP) is 5.35. The maximum atomic E-state index is 14.3. The van der Waals surface area contributed by atoms with Crippen molar-refractivity contribution < 1.29 is 33.4 Å². The zero-order chi connectivity index (χ0) is 45.4. The molecule has 5 aliphatic rings. The second-order valence-corrected chi connectivity index (χ2v) is 17.6. The Labute approximate surface area is 385 Å². The average molecular weight is 898 g/mol. The van der Waals surface area contributed by atoms with Gasteiger partial charge in [0, 0.05) is 45.3 Å². The minimum absolute atomic E-state index is 0.0570. The van der Waals surface area contributed by atoms with Crippen LogP contribution >= 0.6 is 0 Å². The average Bonchev–Trinajstić information content (AvgIpc) is 4.19. The van der Waals surface area contributed by atoms with E-state index in [0.717, 1.165) is 48.1 Å². The number of urea groups is 2. The molecule has 1 aromatic heterocycles. The molecule has 3 aromatic carbocycles. The predicted molar refractivity (Wildman–Crippen MR) is 246 cm³/mol. The lowest BCUT2D eigenvalue weighted by Crippen LogP contribution is -2.54. The minimum Gasteiger partial charge on any atom is -0.378 e. The van der Waals surface area contributed by atoms with Crippen molar-refractivity contribution in [3.63, 3.8) is 0 Å². The molecule has 346 valence electrons. The quantitative estimate of drug-likeness (QED) is 0.156. The molecule has 4 saturated heterocycles. The summed E-state index contributed by atoms with van der Waals surface area (Å²) in [6.07, 6.45) is 9.10. The number of imidazole rings is 1. The number of morpholine rings is 2. The molecule has 0 saturated carbocycles. The molecule has 5 heterocycles. The first kappa shape index (κ1) is 44.7. The molecule has 4 N–H and O–H groups in total. The van der Waals surface area contributed by atoms with Crippen molar-refractivity contribution in [1.29, 1.82) is 0 Å². The number of nitrogens with one attached hydrogen (secondary N) is 4. The summed E-state index contributed by atoms with van der Waals surface area (Å²) in [4.78, 5) is 83.9. The van der Waals surface area contributed by atoms with Gasteiger partial charge >= 0.3 is 12.1 Å². The molecule has 66 heavy (non-hydrogen) atoms.